The van der Waals surface area contributed by atoms with Gasteiger partial charge in [0.05, 0.1) is 5.69 Å². The summed E-state index contributed by atoms with van der Waals surface area (Å²) in [4.78, 5) is 24.3. The fourth-order valence-electron chi connectivity index (χ4n) is 2.15. The lowest BCUT2D eigenvalue weighted by Crippen LogP contribution is -2.25. The number of amides is 1. The first-order valence-corrected chi connectivity index (χ1v) is 7.24. The van der Waals surface area contributed by atoms with Gasteiger partial charge in [0.1, 0.15) is 5.75 Å². The molecule has 120 valence electrons. The number of carboxylic acid groups (broad SMARTS) is 1. The Balaban J connectivity index is 1.67. The van der Waals surface area contributed by atoms with Gasteiger partial charge in [0.2, 0.25) is 5.76 Å². The van der Waals surface area contributed by atoms with Crippen molar-refractivity contribution in [1.29, 1.82) is 0 Å². The molecule has 0 unspecified atom stereocenters. The quantitative estimate of drug-likeness (QED) is 0.879. The highest BCUT2D eigenvalue weighted by Crippen LogP contribution is 2.39. The molecule has 1 N–H and O–H groups in total. The second kappa shape index (κ2) is 6.12. The highest BCUT2D eigenvalue weighted by molar-refractivity contribution is 6.03. The van der Waals surface area contributed by atoms with Gasteiger partial charge in [0, 0.05) is 24.7 Å². The number of aromatic nitrogens is 1. The minimum Gasteiger partial charge on any atom is -0.482 e. The largest absolute Gasteiger partial charge is 0.482 e. The van der Waals surface area contributed by atoms with Crippen LogP contribution in [0.1, 0.15) is 35.0 Å². The Kier molecular flexibility index (Phi) is 4.01. The minimum absolute atomic E-state index is 0.209. The molecule has 1 aliphatic carbocycles. The van der Waals surface area contributed by atoms with Gasteiger partial charge in [-0.2, -0.15) is 0 Å². The van der Waals surface area contributed by atoms with Crippen LogP contribution in [0.15, 0.2) is 34.9 Å². The monoisotopic (exact) mass is 316 g/mol. The fourth-order valence-corrected chi connectivity index (χ4v) is 2.15. The van der Waals surface area contributed by atoms with E-state index in [1.807, 2.05) is 0 Å². The van der Waals surface area contributed by atoms with Crippen LogP contribution >= 0.6 is 0 Å². The third kappa shape index (κ3) is 3.50. The minimum atomic E-state index is -1.04. The molecule has 0 spiro atoms. The third-order valence-electron chi connectivity index (χ3n) is 3.63. The molecule has 1 heterocycles. The summed E-state index contributed by atoms with van der Waals surface area (Å²) < 4.78 is 10.2. The average molecular weight is 316 g/mol. The van der Waals surface area contributed by atoms with Gasteiger partial charge in [0.15, 0.2) is 6.61 Å². The molecule has 0 radical (unpaired) electrons. The van der Waals surface area contributed by atoms with E-state index in [0.717, 1.165) is 18.5 Å². The Bertz CT molecular complexity index is 718. The maximum atomic E-state index is 12.4. The van der Waals surface area contributed by atoms with Gasteiger partial charge in [0.25, 0.3) is 5.91 Å². The van der Waals surface area contributed by atoms with Crippen LogP contribution in [0, 0.1) is 0 Å². The van der Waals surface area contributed by atoms with Crippen LogP contribution < -0.4 is 9.64 Å². The van der Waals surface area contributed by atoms with E-state index in [1.54, 1.807) is 37.4 Å². The van der Waals surface area contributed by atoms with Crippen molar-refractivity contribution >= 4 is 17.6 Å². The first-order chi connectivity index (χ1) is 11.0. The molecule has 1 aliphatic rings. The van der Waals surface area contributed by atoms with Gasteiger partial charge in [-0.3, -0.25) is 4.79 Å². The zero-order valence-corrected chi connectivity index (χ0v) is 12.6. The van der Waals surface area contributed by atoms with Crippen molar-refractivity contribution < 1.29 is 24.0 Å². The van der Waals surface area contributed by atoms with Crippen LogP contribution in [0.3, 0.4) is 0 Å². The van der Waals surface area contributed by atoms with Crippen molar-refractivity contribution in [2.75, 3.05) is 18.6 Å². The molecule has 0 saturated heterocycles. The topological polar surface area (TPSA) is 92.9 Å². The number of hydrogen-bond acceptors (Lipinski definition) is 5. The van der Waals surface area contributed by atoms with Gasteiger partial charge in [-0.05, 0) is 37.1 Å². The van der Waals surface area contributed by atoms with Crippen LogP contribution in [0.4, 0.5) is 5.69 Å². The molecule has 23 heavy (non-hydrogen) atoms. The molecule has 3 rings (SSSR count). The lowest BCUT2D eigenvalue weighted by atomic mass is 10.2. The molecule has 0 atom stereocenters. The summed E-state index contributed by atoms with van der Waals surface area (Å²) in [5.41, 5.74) is 1.47. The number of rotatable bonds is 6. The van der Waals surface area contributed by atoms with Gasteiger partial charge >= 0.3 is 5.97 Å². The fraction of sp³-hybridized carbons (Fsp3) is 0.312. The molecule has 1 fully saturated rings. The van der Waals surface area contributed by atoms with Crippen molar-refractivity contribution in [3.63, 3.8) is 0 Å². The zero-order chi connectivity index (χ0) is 16.4. The number of benzene rings is 1. The predicted octanol–water partition coefficient (Wildman–Crippen LogP) is 2.29. The van der Waals surface area contributed by atoms with Crippen molar-refractivity contribution in [3.05, 3.63) is 41.8 Å². The van der Waals surface area contributed by atoms with E-state index >= 15 is 0 Å². The molecule has 1 aromatic carbocycles. The Morgan fingerprint density at radius 2 is 2.04 bits per heavy atom. The number of aliphatic carboxylic acids is 1. The number of carboxylic acids is 1. The molecule has 1 amide bonds. The number of carbonyl (C=O) groups is 2. The first kappa shape index (κ1) is 15.1. The maximum absolute atomic E-state index is 12.4. The number of hydrogen-bond donors (Lipinski definition) is 1. The molecule has 0 bridgehead atoms. The Morgan fingerprint density at radius 3 is 2.65 bits per heavy atom. The molecule has 0 aliphatic heterocycles. The van der Waals surface area contributed by atoms with E-state index in [1.165, 1.54) is 4.90 Å². The normalized spacial score (nSPS) is 13.6. The number of ether oxygens (including phenoxy) is 1. The lowest BCUT2D eigenvalue weighted by molar-refractivity contribution is -0.139. The molecule has 2 aromatic rings. The van der Waals surface area contributed by atoms with E-state index in [-0.39, 0.29) is 11.7 Å². The van der Waals surface area contributed by atoms with Crippen molar-refractivity contribution in [1.82, 2.24) is 5.16 Å². The highest BCUT2D eigenvalue weighted by atomic mass is 16.5. The van der Waals surface area contributed by atoms with Crippen molar-refractivity contribution in [2.45, 2.75) is 18.8 Å². The Labute approximate surface area is 132 Å². The van der Waals surface area contributed by atoms with Crippen LogP contribution in [0.25, 0.3) is 0 Å². The van der Waals surface area contributed by atoms with Crippen LogP contribution in [-0.4, -0.2) is 35.8 Å². The summed E-state index contributed by atoms with van der Waals surface area (Å²) in [6.07, 6.45) is 2.18. The zero-order valence-electron chi connectivity index (χ0n) is 12.6. The van der Waals surface area contributed by atoms with E-state index in [4.69, 9.17) is 14.4 Å². The Hall–Kier alpha value is -2.83. The van der Waals surface area contributed by atoms with E-state index in [2.05, 4.69) is 5.16 Å². The van der Waals surface area contributed by atoms with Crippen LogP contribution in [0.5, 0.6) is 5.75 Å². The molecule has 1 saturated carbocycles. The van der Waals surface area contributed by atoms with Crippen molar-refractivity contribution in [2.24, 2.45) is 0 Å². The number of anilines is 1. The SMILES string of the molecule is CN(C(=O)c1cc(C2CC2)no1)c1ccc(OCC(=O)O)cc1. The molecule has 7 nitrogen and oxygen atoms in total. The smallest absolute Gasteiger partial charge is 0.341 e. The molecule has 1 aromatic heterocycles. The van der Waals surface area contributed by atoms with Gasteiger partial charge in [-0.1, -0.05) is 5.16 Å². The Morgan fingerprint density at radius 1 is 1.35 bits per heavy atom. The third-order valence-corrected chi connectivity index (χ3v) is 3.63. The summed E-state index contributed by atoms with van der Waals surface area (Å²) in [7, 11) is 1.63. The number of carbonyl (C=O) groups excluding carboxylic acids is 1. The molecular formula is C16H16N2O5. The summed E-state index contributed by atoms with van der Waals surface area (Å²) in [6, 6.07) is 8.26. The van der Waals surface area contributed by atoms with Gasteiger partial charge < -0.3 is 19.3 Å². The van der Waals surface area contributed by atoms with Crippen molar-refractivity contribution in [3.8, 4) is 5.75 Å². The molecular weight excluding hydrogens is 300 g/mol. The summed E-state index contributed by atoms with van der Waals surface area (Å²) in [5, 5.41) is 12.5. The predicted molar refractivity (Wildman–Crippen MR) is 80.8 cm³/mol. The molecule has 7 heteroatoms. The van der Waals surface area contributed by atoms with Crippen LogP contribution in [-0.2, 0) is 4.79 Å². The van der Waals surface area contributed by atoms with Gasteiger partial charge in [-0.25, -0.2) is 4.79 Å². The van der Waals surface area contributed by atoms with E-state index < -0.39 is 12.6 Å². The lowest BCUT2D eigenvalue weighted by Gasteiger charge is -2.15. The maximum Gasteiger partial charge on any atom is 0.341 e. The average Bonchev–Trinajstić information content (AvgIpc) is 3.29. The van der Waals surface area contributed by atoms with E-state index in [9.17, 15) is 9.59 Å². The first-order valence-electron chi connectivity index (χ1n) is 7.24. The van der Waals surface area contributed by atoms with Gasteiger partial charge in [-0.15, -0.1) is 0 Å². The second-order valence-electron chi connectivity index (χ2n) is 5.43. The summed E-state index contributed by atoms with van der Waals surface area (Å²) >= 11 is 0. The number of nitrogens with zero attached hydrogens (tertiary/aromatic N) is 2. The standard InChI is InChI=1S/C16H16N2O5/c1-18(11-4-6-12(7-5-11)22-9-15(19)20)16(21)14-8-13(17-23-14)10-2-3-10/h4-8,10H,2-3,9H2,1H3,(H,19,20). The highest BCUT2D eigenvalue weighted by Gasteiger charge is 2.29. The van der Waals surface area contributed by atoms with E-state index in [0.29, 0.717) is 17.4 Å². The van der Waals surface area contributed by atoms with Crippen LogP contribution in [0.2, 0.25) is 0 Å². The second-order valence-corrected chi connectivity index (χ2v) is 5.43. The summed E-state index contributed by atoms with van der Waals surface area (Å²) in [6.45, 7) is -0.407. The summed E-state index contributed by atoms with van der Waals surface area (Å²) in [5.74, 6) is -0.272.